The Balaban J connectivity index is 3.99. The Morgan fingerprint density at radius 1 is 1.40 bits per heavy atom. The molecule has 0 spiro atoms. The second kappa shape index (κ2) is 8.68. The fraction of sp³-hybridized carbons (Fsp3) is 0.909. The number of hydrogen-bond donors (Lipinski definition) is 1. The van der Waals surface area contributed by atoms with Gasteiger partial charge in [-0.15, -0.1) is 0 Å². The molecule has 0 bridgehead atoms. The van der Waals surface area contributed by atoms with Crippen LogP contribution in [-0.2, 0) is 14.3 Å². The smallest absolute Gasteiger partial charge is 0.323 e. The van der Waals surface area contributed by atoms with Crippen molar-refractivity contribution in [3.63, 3.8) is 0 Å². The largest absolute Gasteiger partial charge is 0.465 e. The first-order valence-electron chi connectivity index (χ1n) is 5.50. The number of methoxy groups -OCH3 is 1. The zero-order valence-corrected chi connectivity index (χ0v) is 10.2. The highest BCUT2D eigenvalue weighted by Crippen LogP contribution is 2.06. The first kappa shape index (κ1) is 14.4. The number of hydrogen-bond acceptors (Lipinski definition) is 4. The van der Waals surface area contributed by atoms with Crippen molar-refractivity contribution < 1.29 is 14.3 Å². The quantitative estimate of drug-likeness (QED) is 0.490. The van der Waals surface area contributed by atoms with Gasteiger partial charge in [-0.2, -0.15) is 0 Å². The molecule has 0 heterocycles. The Morgan fingerprint density at radius 3 is 2.53 bits per heavy atom. The van der Waals surface area contributed by atoms with E-state index in [-0.39, 0.29) is 12.0 Å². The van der Waals surface area contributed by atoms with Crippen LogP contribution in [0.5, 0.6) is 0 Å². The number of nitrogens with one attached hydrogen (secondary N) is 1. The highest BCUT2D eigenvalue weighted by atomic mass is 16.5. The van der Waals surface area contributed by atoms with Gasteiger partial charge in [0.1, 0.15) is 6.04 Å². The van der Waals surface area contributed by atoms with Crippen LogP contribution in [0.15, 0.2) is 0 Å². The van der Waals surface area contributed by atoms with E-state index >= 15 is 0 Å². The highest BCUT2D eigenvalue weighted by Gasteiger charge is 2.19. The molecular weight excluding hydrogens is 194 g/mol. The normalized spacial score (nSPS) is 12.9. The predicted octanol–water partition coefficient (Wildman–Crippen LogP) is 1.20. The van der Waals surface area contributed by atoms with E-state index in [1.54, 1.807) is 7.11 Å². The summed E-state index contributed by atoms with van der Waals surface area (Å²) >= 11 is 0. The summed E-state index contributed by atoms with van der Waals surface area (Å²) in [7, 11) is 1.64. The zero-order valence-electron chi connectivity index (χ0n) is 10.2. The van der Waals surface area contributed by atoms with E-state index < -0.39 is 0 Å². The lowest BCUT2D eigenvalue weighted by molar-refractivity contribution is -0.146. The van der Waals surface area contributed by atoms with Crippen molar-refractivity contribution in [1.29, 1.82) is 0 Å². The lowest BCUT2D eigenvalue weighted by atomic mass is 10.0. The van der Waals surface area contributed by atoms with Gasteiger partial charge < -0.3 is 14.8 Å². The average Bonchev–Trinajstić information content (AvgIpc) is 2.16. The van der Waals surface area contributed by atoms with Gasteiger partial charge in [0.25, 0.3) is 0 Å². The van der Waals surface area contributed by atoms with Gasteiger partial charge >= 0.3 is 5.97 Å². The van der Waals surface area contributed by atoms with Gasteiger partial charge in [0.2, 0.25) is 0 Å². The Hall–Kier alpha value is -0.610. The molecule has 1 unspecified atom stereocenters. The molecule has 0 aliphatic carbocycles. The number of esters is 1. The average molecular weight is 217 g/mol. The van der Waals surface area contributed by atoms with Crippen LogP contribution < -0.4 is 5.32 Å². The summed E-state index contributed by atoms with van der Waals surface area (Å²) < 4.78 is 9.92. The van der Waals surface area contributed by atoms with E-state index in [2.05, 4.69) is 19.2 Å². The molecule has 0 aromatic rings. The van der Waals surface area contributed by atoms with Crippen molar-refractivity contribution in [3.8, 4) is 0 Å². The van der Waals surface area contributed by atoms with Crippen molar-refractivity contribution in [2.45, 2.75) is 33.2 Å². The minimum atomic E-state index is -0.208. The summed E-state index contributed by atoms with van der Waals surface area (Å²) in [5.41, 5.74) is 0. The summed E-state index contributed by atoms with van der Waals surface area (Å²) in [6.07, 6.45) is 0.794. The molecular formula is C11H23NO3. The maximum atomic E-state index is 11.5. The lowest BCUT2D eigenvalue weighted by Crippen LogP contribution is -2.40. The van der Waals surface area contributed by atoms with Gasteiger partial charge in [0.15, 0.2) is 0 Å². The second-order valence-electron chi connectivity index (χ2n) is 3.88. The molecule has 15 heavy (non-hydrogen) atoms. The molecule has 0 rings (SSSR count). The van der Waals surface area contributed by atoms with E-state index in [1.807, 2.05) is 6.92 Å². The molecule has 4 nitrogen and oxygen atoms in total. The predicted molar refractivity (Wildman–Crippen MR) is 59.8 cm³/mol. The van der Waals surface area contributed by atoms with Crippen molar-refractivity contribution in [2.24, 2.45) is 5.92 Å². The Kier molecular flexibility index (Phi) is 8.33. The van der Waals surface area contributed by atoms with Crippen molar-refractivity contribution in [1.82, 2.24) is 5.32 Å². The Labute approximate surface area is 92.3 Å². The van der Waals surface area contributed by atoms with Crippen LogP contribution in [0.3, 0.4) is 0 Å². The molecule has 0 radical (unpaired) electrons. The first-order chi connectivity index (χ1) is 7.11. The van der Waals surface area contributed by atoms with Crippen LogP contribution in [0.4, 0.5) is 0 Å². The van der Waals surface area contributed by atoms with Gasteiger partial charge in [-0.25, -0.2) is 0 Å². The second-order valence-corrected chi connectivity index (χ2v) is 3.88. The molecule has 0 aromatic carbocycles. The molecule has 0 saturated carbocycles. The van der Waals surface area contributed by atoms with Crippen LogP contribution in [0.25, 0.3) is 0 Å². The summed E-state index contributed by atoms with van der Waals surface area (Å²) in [6, 6.07) is -0.208. The Morgan fingerprint density at radius 2 is 2.07 bits per heavy atom. The molecule has 1 N–H and O–H groups in total. The zero-order chi connectivity index (χ0) is 11.7. The fourth-order valence-corrected chi connectivity index (χ4v) is 1.31. The minimum Gasteiger partial charge on any atom is -0.465 e. The van der Waals surface area contributed by atoms with Gasteiger partial charge in [0, 0.05) is 13.7 Å². The van der Waals surface area contributed by atoms with Crippen molar-refractivity contribution in [3.05, 3.63) is 0 Å². The molecule has 0 aliphatic heterocycles. The number of carbonyl (C=O) groups is 1. The number of ether oxygens (including phenoxy) is 2. The molecule has 0 aliphatic rings. The summed E-state index contributed by atoms with van der Waals surface area (Å²) in [5, 5.41) is 3.14. The summed E-state index contributed by atoms with van der Waals surface area (Å²) in [6.45, 7) is 7.70. The molecule has 1 atom stereocenters. The molecule has 0 saturated heterocycles. The fourth-order valence-electron chi connectivity index (χ4n) is 1.31. The number of carbonyl (C=O) groups excluding carboxylic acids is 1. The maximum absolute atomic E-state index is 11.5. The standard InChI is InChI=1S/C11H23NO3/c1-5-15-11(13)10(8-9(2)3)12-6-7-14-4/h9-10,12H,5-8H2,1-4H3. The summed E-state index contributed by atoms with van der Waals surface area (Å²) in [5.74, 6) is 0.303. The van der Waals surface area contributed by atoms with Gasteiger partial charge in [-0.05, 0) is 19.3 Å². The highest BCUT2D eigenvalue weighted by molar-refractivity contribution is 5.75. The number of rotatable bonds is 8. The third kappa shape index (κ3) is 7.33. The molecule has 90 valence electrons. The monoisotopic (exact) mass is 217 g/mol. The molecule has 0 aromatic heterocycles. The van der Waals surface area contributed by atoms with Gasteiger partial charge in [-0.1, -0.05) is 13.8 Å². The third-order valence-electron chi connectivity index (χ3n) is 1.98. The summed E-state index contributed by atoms with van der Waals surface area (Å²) in [4.78, 5) is 11.5. The third-order valence-corrected chi connectivity index (χ3v) is 1.98. The van der Waals surface area contributed by atoms with Crippen molar-refractivity contribution in [2.75, 3.05) is 26.9 Å². The van der Waals surface area contributed by atoms with E-state index in [0.717, 1.165) is 6.42 Å². The SMILES string of the molecule is CCOC(=O)C(CC(C)C)NCCOC. The molecule has 0 amide bonds. The van der Waals surface area contributed by atoms with Crippen LogP contribution >= 0.6 is 0 Å². The van der Waals surface area contributed by atoms with Crippen LogP contribution in [0, 0.1) is 5.92 Å². The van der Waals surface area contributed by atoms with Crippen LogP contribution in [-0.4, -0.2) is 38.9 Å². The maximum Gasteiger partial charge on any atom is 0.323 e. The van der Waals surface area contributed by atoms with E-state index in [4.69, 9.17) is 9.47 Å². The minimum absolute atomic E-state index is 0.165. The van der Waals surface area contributed by atoms with E-state index in [0.29, 0.717) is 25.7 Å². The van der Waals surface area contributed by atoms with Gasteiger partial charge in [-0.3, -0.25) is 4.79 Å². The van der Waals surface area contributed by atoms with Crippen LogP contribution in [0.1, 0.15) is 27.2 Å². The molecule has 0 fully saturated rings. The first-order valence-corrected chi connectivity index (χ1v) is 5.50. The van der Waals surface area contributed by atoms with Crippen molar-refractivity contribution >= 4 is 5.97 Å². The Bertz CT molecular complexity index is 171. The molecule has 4 heteroatoms. The van der Waals surface area contributed by atoms with Crippen LogP contribution in [0.2, 0.25) is 0 Å². The van der Waals surface area contributed by atoms with E-state index in [1.165, 1.54) is 0 Å². The topological polar surface area (TPSA) is 47.6 Å². The van der Waals surface area contributed by atoms with E-state index in [9.17, 15) is 4.79 Å². The lowest BCUT2D eigenvalue weighted by Gasteiger charge is -2.18. The van der Waals surface area contributed by atoms with Gasteiger partial charge in [0.05, 0.1) is 13.2 Å².